The first-order valence-corrected chi connectivity index (χ1v) is 4.87. The van der Waals surface area contributed by atoms with Crippen LogP contribution < -0.4 is 0 Å². The molecule has 1 rings (SSSR count). The Hall–Kier alpha value is -0.920. The van der Waals surface area contributed by atoms with Gasteiger partial charge in [0, 0.05) is 5.92 Å². The summed E-state index contributed by atoms with van der Waals surface area (Å²) in [6.45, 7) is 11.6. The fourth-order valence-corrected chi connectivity index (χ4v) is 1.99. The van der Waals surface area contributed by atoms with Gasteiger partial charge in [-0.25, -0.2) is 0 Å². The topological polar surface area (TPSA) is 24.7 Å². The molecule has 0 spiro atoms. The van der Waals surface area contributed by atoms with Crippen LogP contribution in [0.2, 0.25) is 0 Å². The van der Waals surface area contributed by atoms with Crippen LogP contribution in [0.5, 0.6) is 0 Å². The molecule has 72 valence electrons. The molecule has 2 nitrogen and oxygen atoms in total. The van der Waals surface area contributed by atoms with Crippen molar-refractivity contribution >= 4 is 13.4 Å². The zero-order valence-corrected chi connectivity index (χ0v) is 8.58. The summed E-state index contributed by atoms with van der Waals surface area (Å²) in [6, 6.07) is 0. The monoisotopic (exact) mass is 178 g/mol. The second-order valence-corrected chi connectivity index (χ2v) is 3.89. The van der Waals surface area contributed by atoms with Crippen molar-refractivity contribution in [3.05, 3.63) is 11.4 Å². The molecule has 0 aliphatic heterocycles. The molecular formula is C11H18N2. The Balaban J connectivity index is 2.98. The van der Waals surface area contributed by atoms with Crippen molar-refractivity contribution in [2.24, 2.45) is 21.8 Å². The first-order chi connectivity index (χ1) is 6.20. The highest BCUT2D eigenvalue weighted by Gasteiger charge is 2.24. The molecule has 1 atom stereocenters. The van der Waals surface area contributed by atoms with Gasteiger partial charge in [0.15, 0.2) is 0 Å². The van der Waals surface area contributed by atoms with E-state index in [2.05, 4.69) is 37.3 Å². The molecule has 0 aromatic rings. The highest BCUT2D eigenvalue weighted by Crippen LogP contribution is 2.35. The van der Waals surface area contributed by atoms with Crippen LogP contribution >= 0.6 is 0 Å². The number of nitrogens with zero attached hydrogens (tertiary/aromatic N) is 2. The molecule has 0 radical (unpaired) electrons. The Morgan fingerprint density at radius 3 is 2.46 bits per heavy atom. The molecule has 0 saturated carbocycles. The third kappa shape index (κ3) is 2.06. The Bertz CT molecular complexity index is 238. The van der Waals surface area contributed by atoms with Crippen molar-refractivity contribution in [3.8, 4) is 0 Å². The zero-order valence-electron chi connectivity index (χ0n) is 8.58. The average Bonchev–Trinajstić information content (AvgIpc) is 2.16. The van der Waals surface area contributed by atoms with Crippen LogP contribution in [0.1, 0.15) is 33.1 Å². The summed E-state index contributed by atoms with van der Waals surface area (Å²) in [4.78, 5) is 8.13. The summed E-state index contributed by atoms with van der Waals surface area (Å²) in [7, 11) is 0. The third-order valence-electron chi connectivity index (χ3n) is 2.74. The minimum Gasteiger partial charge on any atom is -0.267 e. The van der Waals surface area contributed by atoms with E-state index in [-0.39, 0.29) is 0 Å². The van der Waals surface area contributed by atoms with E-state index in [0.29, 0.717) is 11.8 Å². The lowest BCUT2D eigenvalue weighted by atomic mass is 9.82. The first-order valence-electron chi connectivity index (χ1n) is 4.87. The van der Waals surface area contributed by atoms with E-state index in [0.717, 1.165) is 17.8 Å². The van der Waals surface area contributed by atoms with Crippen molar-refractivity contribution < 1.29 is 0 Å². The van der Waals surface area contributed by atoms with Crippen LogP contribution in [-0.4, -0.2) is 13.4 Å². The molecule has 2 heteroatoms. The van der Waals surface area contributed by atoms with E-state index >= 15 is 0 Å². The fourth-order valence-electron chi connectivity index (χ4n) is 1.99. The molecular weight excluding hydrogens is 160 g/mol. The van der Waals surface area contributed by atoms with E-state index in [1.54, 1.807) is 0 Å². The number of hydrogen-bond donors (Lipinski definition) is 0. The van der Waals surface area contributed by atoms with E-state index in [1.165, 1.54) is 12.8 Å². The number of aliphatic imine (C=N–C) groups is 2. The highest BCUT2D eigenvalue weighted by molar-refractivity contribution is 5.36. The van der Waals surface area contributed by atoms with Crippen LogP contribution in [0.4, 0.5) is 0 Å². The lowest BCUT2D eigenvalue weighted by Gasteiger charge is -2.26. The summed E-state index contributed by atoms with van der Waals surface area (Å²) in [5.74, 6) is 1.16. The molecule has 0 saturated heterocycles. The van der Waals surface area contributed by atoms with Crippen LogP contribution in [0.25, 0.3) is 0 Å². The summed E-state index contributed by atoms with van der Waals surface area (Å²) >= 11 is 0. The average molecular weight is 178 g/mol. The quantitative estimate of drug-likeness (QED) is 0.593. The number of rotatable bonds is 3. The van der Waals surface area contributed by atoms with Crippen LogP contribution in [0.15, 0.2) is 21.4 Å². The Labute approximate surface area is 80.5 Å². The molecule has 0 aromatic heterocycles. The lowest BCUT2D eigenvalue weighted by Crippen LogP contribution is -2.16. The summed E-state index contributed by atoms with van der Waals surface area (Å²) in [6.07, 6.45) is 3.43. The van der Waals surface area contributed by atoms with E-state index < -0.39 is 0 Å². The van der Waals surface area contributed by atoms with Crippen molar-refractivity contribution in [2.45, 2.75) is 33.1 Å². The fraction of sp³-hybridized carbons (Fsp3) is 0.636. The number of allylic oxidation sites excluding steroid dienone is 2. The smallest absolute Gasteiger partial charge is 0.0643 e. The van der Waals surface area contributed by atoms with Crippen LogP contribution in [-0.2, 0) is 0 Å². The molecule has 0 bridgehead atoms. The molecule has 0 amide bonds. The molecule has 0 N–H and O–H groups in total. The predicted molar refractivity (Wildman–Crippen MR) is 58.3 cm³/mol. The van der Waals surface area contributed by atoms with Gasteiger partial charge in [0.2, 0.25) is 0 Å². The molecule has 1 aliphatic carbocycles. The highest BCUT2D eigenvalue weighted by atomic mass is 14.8. The maximum Gasteiger partial charge on any atom is 0.0643 e. The Morgan fingerprint density at radius 1 is 1.31 bits per heavy atom. The first kappa shape index (κ1) is 10.2. The van der Waals surface area contributed by atoms with Gasteiger partial charge in [-0.3, -0.25) is 9.98 Å². The van der Waals surface area contributed by atoms with E-state index in [4.69, 9.17) is 0 Å². The number of hydrogen-bond acceptors (Lipinski definition) is 2. The van der Waals surface area contributed by atoms with Crippen LogP contribution in [0.3, 0.4) is 0 Å². The van der Waals surface area contributed by atoms with E-state index in [1.807, 2.05) is 0 Å². The van der Waals surface area contributed by atoms with Crippen molar-refractivity contribution in [1.82, 2.24) is 0 Å². The van der Waals surface area contributed by atoms with Crippen molar-refractivity contribution in [2.75, 3.05) is 0 Å². The molecule has 13 heavy (non-hydrogen) atoms. The Morgan fingerprint density at radius 2 is 2.00 bits per heavy atom. The minimum absolute atomic E-state index is 0.534. The standard InChI is InChI=1S/C11H18N2/c1-8(2)9-6-5-7-10(12-3)11(9)13-4/h8-9H,3-7H2,1-2H3. The molecule has 0 aromatic carbocycles. The lowest BCUT2D eigenvalue weighted by molar-refractivity contribution is 0.379. The second-order valence-electron chi connectivity index (χ2n) is 3.89. The molecule has 0 fully saturated rings. The van der Waals surface area contributed by atoms with E-state index in [9.17, 15) is 0 Å². The molecule has 0 heterocycles. The minimum atomic E-state index is 0.534. The summed E-state index contributed by atoms with van der Waals surface area (Å²) < 4.78 is 0. The van der Waals surface area contributed by atoms with Crippen molar-refractivity contribution in [1.29, 1.82) is 0 Å². The Kier molecular flexibility index (Phi) is 3.40. The summed E-state index contributed by atoms with van der Waals surface area (Å²) in [5, 5.41) is 0. The zero-order chi connectivity index (χ0) is 9.84. The van der Waals surface area contributed by atoms with Gasteiger partial charge in [-0.05, 0) is 38.6 Å². The van der Waals surface area contributed by atoms with Crippen molar-refractivity contribution in [3.63, 3.8) is 0 Å². The maximum atomic E-state index is 4.10. The molecule has 1 aliphatic rings. The SMILES string of the molecule is C=NC1=C(N=C)C(C(C)C)CCC1. The van der Waals surface area contributed by atoms with Gasteiger partial charge < -0.3 is 0 Å². The second kappa shape index (κ2) is 4.35. The van der Waals surface area contributed by atoms with Gasteiger partial charge in [0.1, 0.15) is 0 Å². The van der Waals surface area contributed by atoms with Gasteiger partial charge >= 0.3 is 0 Å². The van der Waals surface area contributed by atoms with Gasteiger partial charge in [0.25, 0.3) is 0 Å². The normalized spacial score (nSPS) is 23.5. The summed E-state index contributed by atoms with van der Waals surface area (Å²) in [5.41, 5.74) is 2.14. The largest absolute Gasteiger partial charge is 0.267 e. The third-order valence-corrected chi connectivity index (χ3v) is 2.74. The van der Waals surface area contributed by atoms with Gasteiger partial charge in [-0.2, -0.15) is 0 Å². The maximum absolute atomic E-state index is 4.10. The van der Waals surface area contributed by atoms with Gasteiger partial charge in [-0.15, -0.1) is 0 Å². The van der Waals surface area contributed by atoms with Gasteiger partial charge in [-0.1, -0.05) is 13.8 Å². The van der Waals surface area contributed by atoms with Gasteiger partial charge in [0.05, 0.1) is 11.4 Å². The predicted octanol–water partition coefficient (Wildman–Crippen LogP) is 3.06. The molecule has 1 unspecified atom stereocenters. The van der Waals surface area contributed by atoms with Crippen LogP contribution in [0, 0.1) is 11.8 Å².